The highest BCUT2D eigenvalue weighted by atomic mass is 16.5. The van der Waals surface area contributed by atoms with Gasteiger partial charge in [-0.15, -0.1) is 0 Å². The average molecular weight is 292 g/mol. The summed E-state index contributed by atoms with van der Waals surface area (Å²) in [7, 11) is 0. The van der Waals surface area contributed by atoms with Crippen molar-refractivity contribution < 1.29 is 14.3 Å². The maximum atomic E-state index is 12.3. The normalized spacial score (nSPS) is 23.2. The zero-order valence-corrected chi connectivity index (χ0v) is 11.9. The van der Waals surface area contributed by atoms with Gasteiger partial charge in [-0.3, -0.25) is 14.7 Å². The summed E-state index contributed by atoms with van der Waals surface area (Å²) in [6.45, 7) is 1.69. The molecule has 1 saturated carbocycles. The molecule has 7 heteroatoms. The Labute approximate surface area is 123 Å². The second-order valence-corrected chi connectivity index (χ2v) is 5.63. The molecule has 1 unspecified atom stereocenters. The van der Waals surface area contributed by atoms with E-state index in [1.54, 1.807) is 17.2 Å². The molecule has 7 nitrogen and oxygen atoms in total. The van der Waals surface area contributed by atoms with Gasteiger partial charge in [0.2, 0.25) is 5.91 Å². The fraction of sp³-hybridized carbons (Fsp3) is 0.643. The summed E-state index contributed by atoms with van der Waals surface area (Å²) < 4.78 is 5.48. The molecular weight excluding hydrogens is 272 g/mol. The first-order chi connectivity index (χ1) is 10.2. The van der Waals surface area contributed by atoms with Crippen molar-refractivity contribution in [2.75, 3.05) is 26.3 Å². The van der Waals surface area contributed by atoms with Gasteiger partial charge in [0.1, 0.15) is 5.69 Å². The van der Waals surface area contributed by atoms with E-state index in [4.69, 9.17) is 4.74 Å². The summed E-state index contributed by atoms with van der Waals surface area (Å²) in [6, 6.07) is 1.94. The molecule has 2 N–H and O–H groups in total. The second kappa shape index (κ2) is 6.26. The van der Waals surface area contributed by atoms with E-state index in [9.17, 15) is 9.59 Å². The standard InChI is InChI=1S/C14H20N4O3/c19-13(16-11-2-1-3-11)10-8-18(6-7-21-9-10)14(20)12-4-5-15-17-12/h4-5,10-11H,1-3,6-9H2,(H,15,17)(H,16,19). The Balaban J connectivity index is 1.62. The van der Waals surface area contributed by atoms with Crippen LogP contribution < -0.4 is 5.32 Å². The van der Waals surface area contributed by atoms with Crippen molar-refractivity contribution >= 4 is 11.8 Å². The van der Waals surface area contributed by atoms with Gasteiger partial charge >= 0.3 is 0 Å². The van der Waals surface area contributed by atoms with Gasteiger partial charge in [0, 0.05) is 25.3 Å². The van der Waals surface area contributed by atoms with Gasteiger partial charge in [-0.2, -0.15) is 5.10 Å². The molecule has 0 bridgehead atoms. The lowest BCUT2D eigenvalue weighted by Gasteiger charge is -2.29. The second-order valence-electron chi connectivity index (χ2n) is 5.63. The number of ether oxygens (including phenoxy) is 1. The Hall–Kier alpha value is -1.89. The Morgan fingerprint density at radius 2 is 2.29 bits per heavy atom. The highest BCUT2D eigenvalue weighted by molar-refractivity contribution is 5.92. The monoisotopic (exact) mass is 292 g/mol. The van der Waals surface area contributed by atoms with E-state index in [0.29, 0.717) is 38.0 Å². The molecule has 0 spiro atoms. The number of carbonyl (C=O) groups is 2. The molecular formula is C14H20N4O3. The third kappa shape index (κ3) is 3.24. The summed E-state index contributed by atoms with van der Waals surface area (Å²) in [5, 5.41) is 9.49. The Kier molecular flexibility index (Phi) is 4.19. The summed E-state index contributed by atoms with van der Waals surface area (Å²) in [5.41, 5.74) is 0.440. The molecule has 1 aliphatic carbocycles. The molecule has 3 rings (SSSR count). The van der Waals surface area contributed by atoms with Crippen LogP contribution in [0.5, 0.6) is 0 Å². The van der Waals surface area contributed by atoms with Crippen molar-refractivity contribution in [3.63, 3.8) is 0 Å². The number of amides is 2. The van der Waals surface area contributed by atoms with Crippen molar-refractivity contribution in [2.45, 2.75) is 25.3 Å². The van der Waals surface area contributed by atoms with Crippen LogP contribution in [0.2, 0.25) is 0 Å². The number of carbonyl (C=O) groups excluding carboxylic acids is 2. The van der Waals surface area contributed by atoms with Crippen LogP contribution in [0.4, 0.5) is 0 Å². The molecule has 2 amide bonds. The number of H-pyrrole nitrogens is 1. The van der Waals surface area contributed by atoms with Crippen molar-refractivity contribution in [1.82, 2.24) is 20.4 Å². The third-order valence-corrected chi connectivity index (χ3v) is 4.11. The molecule has 0 aromatic carbocycles. The molecule has 21 heavy (non-hydrogen) atoms. The lowest BCUT2D eigenvalue weighted by atomic mass is 9.92. The van der Waals surface area contributed by atoms with E-state index in [2.05, 4.69) is 15.5 Å². The molecule has 1 saturated heterocycles. The van der Waals surface area contributed by atoms with E-state index < -0.39 is 0 Å². The predicted molar refractivity (Wildman–Crippen MR) is 74.6 cm³/mol. The van der Waals surface area contributed by atoms with Crippen molar-refractivity contribution in [1.29, 1.82) is 0 Å². The van der Waals surface area contributed by atoms with E-state index in [-0.39, 0.29) is 17.7 Å². The number of hydrogen-bond acceptors (Lipinski definition) is 4. The van der Waals surface area contributed by atoms with Gasteiger partial charge in [-0.1, -0.05) is 0 Å². The smallest absolute Gasteiger partial charge is 0.271 e. The lowest BCUT2D eigenvalue weighted by molar-refractivity contribution is -0.127. The Morgan fingerprint density at radius 3 is 2.95 bits per heavy atom. The SMILES string of the molecule is O=C(NC1CCC1)C1COCCN(C(=O)c2ccn[nH]2)C1. The molecule has 114 valence electrons. The summed E-state index contributed by atoms with van der Waals surface area (Å²) in [6.07, 6.45) is 4.82. The lowest BCUT2D eigenvalue weighted by Crippen LogP contribution is -2.47. The maximum absolute atomic E-state index is 12.3. The van der Waals surface area contributed by atoms with Gasteiger partial charge < -0.3 is 15.0 Å². The molecule has 2 fully saturated rings. The number of hydrogen-bond donors (Lipinski definition) is 2. The molecule has 2 heterocycles. The molecule has 0 radical (unpaired) electrons. The van der Waals surface area contributed by atoms with Crippen LogP contribution in [-0.4, -0.2) is 59.3 Å². The number of nitrogens with zero attached hydrogens (tertiary/aromatic N) is 2. The van der Waals surface area contributed by atoms with Crippen LogP contribution in [0, 0.1) is 5.92 Å². The zero-order chi connectivity index (χ0) is 14.7. The van der Waals surface area contributed by atoms with Gasteiger partial charge in [0.25, 0.3) is 5.91 Å². The molecule has 2 aliphatic rings. The first-order valence-electron chi connectivity index (χ1n) is 7.41. The van der Waals surface area contributed by atoms with Crippen LogP contribution in [-0.2, 0) is 9.53 Å². The maximum Gasteiger partial charge on any atom is 0.271 e. The van der Waals surface area contributed by atoms with Crippen molar-refractivity contribution in [2.24, 2.45) is 5.92 Å². The first-order valence-corrected chi connectivity index (χ1v) is 7.41. The zero-order valence-electron chi connectivity index (χ0n) is 11.9. The first kappa shape index (κ1) is 14.1. The predicted octanol–water partition coefficient (Wildman–Crippen LogP) is 0.167. The average Bonchev–Trinajstić information content (AvgIpc) is 2.86. The summed E-state index contributed by atoms with van der Waals surface area (Å²) >= 11 is 0. The van der Waals surface area contributed by atoms with Crippen molar-refractivity contribution in [3.8, 4) is 0 Å². The van der Waals surface area contributed by atoms with E-state index in [1.807, 2.05) is 0 Å². The highest BCUT2D eigenvalue weighted by Crippen LogP contribution is 2.19. The van der Waals surface area contributed by atoms with Crippen molar-refractivity contribution in [3.05, 3.63) is 18.0 Å². The number of aromatic nitrogens is 2. The third-order valence-electron chi connectivity index (χ3n) is 4.11. The molecule has 1 aliphatic heterocycles. The van der Waals surface area contributed by atoms with E-state index >= 15 is 0 Å². The number of nitrogens with one attached hydrogen (secondary N) is 2. The largest absolute Gasteiger partial charge is 0.379 e. The van der Waals surface area contributed by atoms with Gasteiger partial charge in [0.05, 0.1) is 19.1 Å². The number of aromatic amines is 1. The van der Waals surface area contributed by atoms with Crippen LogP contribution in [0.25, 0.3) is 0 Å². The Bertz CT molecular complexity index is 498. The summed E-state index contributed by atoms with van der Waals surface area (Å²) in [4.78, 5) is 26.3. The van der Waals surface area contributed by atoms with E-state index in [0.717, 1.165) is 12.8 Å². The van der Waals surface area contributed by atoms with Crippen LogP contribution >= 0.6 is 0 Å². The van der Waals surface area contributed by atoms with Gasteiger partial charge in [-0.25, -0.2) is 0 Å². The van der Waals surface area contributed by atoms with Crippen LogP contribution in [0.3, 0.4) is 0 Å². The summed E-state index contributed by atoms with van der Waals surface area (Å²) in [5.74, 6) is -0.455. The number of rotatable bonds is 3. The topological polar surface area (TPSA) is 87.3 Å². The van der Waals surface area contributed by atoms with Gasteiger partial charge in [0.15, 0.2) is 0 Å². The molecule has 1 aromatic heterocycles. The Morgan fingerprint density at radius 1 is 1.43 bits per heavy atom. The van der Waals surface area contributed by atoms with Crippen LogP contribution in [0.15, 0.2) is 12.3 Å². The van der Waals surface area contributed by atoms with Gasteiger partial charge in [-0.05, 0) is 25.3 Å². The fourth-order valence-electron chi connectivity index (χ4n) is 2.57. The van der Waals surface area contributed by atoms with Crippen LogP contribution in [0.1, 0.15) is 29.8 Å². The quantitative estimate of drug-likeness (QED) is 0.831. The van der Waals surface area contributed by atoms with E-state index in [1.165, 1.54) is 6.42 Å². The minimum atomic E-state index is -0.306. The molecule has 1 atom stereocenters. The fourth-order valence-corrected chi connectivity index (χ4v) is 2.57. The highest BCUT2D eigenvalue weighted by Gasteiger charge is 2.30. The minimum absolute atomic E-state index is 0.0102. The minimum Gasteiger partial charge on any atom is -0.379 e. The molecule has 1 aromatic rings.